The number of carbonyl (C=O) groups excluding carboxylic acids is 1. The number of nitrogens with one attached hydrogen (secondary N) is 2. The topological polar surface area (TPSA) is 102 Å². The van der Waals surface area contributed by atoms with Crippen molar-refractivity contribution in [3.63, 3.8) is 0 Å². The van der Waals surface area contributed by atoms with Crippen molar-refractivity contribution in [2.24, 2.45) is 0 Å². The van der Waals surface area contributed by atoms with Gasteiger partial charge in [-0.25, -0.2) is 4.79 Å². The average Bonchev–Trinajstić information content (AvgIpc) is 2.80. The molecule has 1 atom stereocenters. The van der Waals surface area contributed by atoms with Gasteiger partial charge in [0.15, 0.2) is 11.5 Å². The monoisotopic (exact) mass is 455 g/mol. The van der Waals surface area contributed by atoms with Crippen LogP contribution in [0.2, 0.25) is 5.02 Å². The van der Waals surface area contributed by atoms with Crippen LogP contribution in [0.3, 0.4) is 0 Å². The van der Waals surface area contributed by atoms with Crippen molar-refractivity contribution in [1.82, 2.24) is 9.88 Å². The van der Waals surface area contributed by atoms with E-state index in [4.69, 9.17) is 21.1 Å². The Balaban J connectivity index is 1.36. The number of aliphatic hydroxyl groups is 1. The Morgan fingerprint density at radius 2 is 1.91 bits per heavy atom. The fourth-order valence-electron chi connectivity index (χ4n) is 3.31. The van der Waals surface area contributed by atoms with E-state index >= 15 is 0 Å². The fourth-order valence-corrected chi connectivity index (χ4v) is 3.59. The summed E-state index contributed by atoms with van der Waals surface area (Å²) in [6, 6.07) is 15.2. The van der Waals surface area contributed by atoms with Gasteiger partial charge in [-0.3, -0.25) is 4.79 Å². The zero-order chi connectivity index (χ0) is 22.5. The number of hydrogen-bond donors (Lipinski definition) is 3. The maximum Gasteiger partial charge on any atom is 0.319 e. The first kappa shape index (κ1) is 21.7. The Hall–Kier alpha value is -3.49. The molecule has 4 rings (SSSR count). The Morgan fingerprint density at radius 1 is 1.12 bits per heavy atom. The molecule has 3 N–H and O–H groups in total. The van der Waals surface area contributed by atoms with Gasteiger partial charge in [0.1, 0.15) is 13.2 Å². The van der Waals surface area contributed by atoms with Gasteiger partial charge < -0.3 is 29.8 Å². The van der Waals surface area contributed by atoms with Crippen molar-refractivity contribution >= 4 is 23.3 Å². The van der Waals surface area contributed by atoms with Crippen LogP contribution in [0.25, 0.3) is 0 Å². The zero-order valence-corrected chi connectivity index (χ0v) is 17.8. The standard InChI is InChI=1S/C23H22ClN3O5/c24-18-10-16(11-20-22(18)32-9-8-31-20)19(28)12-25-23(30)26-17-6-7-21(29)27(14-17)13-15-4-2-1-3-5-15/h1-7,10-11,14,19,28H,8-9,12-13H2,(H2,25,26,30). The molecule has 1 aromatic heterocycles. The third-order valence-electron chi connectivity index (χ3n) is 4.90. The van der Waals surface area contributed by atoms with Crippen LogP contribution < -0.4 is 25.7 Å². The van der Waals surface area contributed by atoms with Crippen LogP contribution in [-0.2, 0) is 6.54 Å². The number of benzene rings is 2. The van der Waals surface area contributed by atoms with Gasteiger partial charge in [-0.1, -0.05) is 41.9 Å². The molecule has 9 heteroatoms. The molecule has 1 aliphatic rings. The molecule has 0 radical (unpaired) electrons. The van der Waals surface area contributed by atoms with Gasteiger partial charge in [-0.2, -0.15) is 0 Å². The van der Waals surface area contributed by atoms with E-state index in [1.165, 1.54) is 16.7 Å². The lowest BCUT2D eigenvalue weighted by molar-refractivity contribution is 0.164. The maximum absolute atomic E-state index is 12.3. The van der Waals surface area contributed by atoms with Gasteiger partial charge in [0, 0.05) is 18.8 Å². The van der Waals surface area contributed by atoms with Crippen molar-refractivity contribution < 1.29 is 19.4 Å². The molecule has 166 valence electrons. The highest BCUT2D eigenvalue weighted by Gasteiger charge is 2.20. The number of fused-ring (bicyclic) bond motifs is 1. The minimum atomic E-state index is -0.999. The number of pyridine rings is 1. The Morgan fingerprint density at radius 3 is 2.72 bits per heavy atom. The number of ether oxygens (including phenoxy) is 2. The van der Waals surface area contributed by atoms with Crippen molar-refractivity contribution in [1.29, 1.82) is 0 Å². The number of anilines is 1. The molecule has 8 nitrogen and oxygen atoms in total. The number of amides is 2. The molecule has 32 heavy (non-hydrogen) atoms. The molecule has 0 spiro atoms. The molecule has 0 saturated heterocycles. The summed E-state index contributed by atoms with van der Waals surface area (Å²) in [5, 5.41) is 16.1. The van der Waals surface area contributed by atoms with E-state index in [2.05, 4.69) is 10.6 Å². The lowest BCUT2D eigenvalue weighted by Crippen LogP contribution is -2.33. The van der Waals surface area contributed by atoms with Crippen LogP contribution in [0.15, 0.2) is 65.6 Å². The average molecular weight is 456 g/mol. The highest BCUT2D eigenvalue weighted by molar-refractivity contribution is 6.32. The summed E-state index contributed by atoms with van der Waals surface area (Å²) in [7, 11) is 0. The summed E-state index contributed by atoms with van der Waals surface area (Å²) >= 11 is 6.20. The van der Waals surface area contributed by atoms with Crippen LogP contribution in [0.5, 0.6) is 11.5 Å². The smallest absolute Gasteiger partial charge is 0.319 e. The molecular weight excluding hydrogens is 434 g/mol. The van der Waals surface area contributed by atoms with E-state index in [1.807, 2.05) is 30.3 Å². The SMILES string of the molecule is O=C(NCC(O)c1cc(Cl)c2c(c1)OCCO2)Nc1ccc(=O)n(Cc2ccccc2)c1. The lowest BCUT2D eigenvalue weighted by Gasteiger charge is -2.21. The highest BCUT2D eigenvalue weighted by Crippen LogP contribution is 2.39. The summed E-state index contributed by atoms with van der Waals surface area (Å²) < 4.78 is 12.5. The first-order valence-electron chi connectivity index (χ1n) is 10.1. The molecule has 2 amide bonds. The van der Waals surface area contributed by atoms with Crippen LogP contribution in [-0.4, -0.2) is 35.5 Å². The molecule has 0 saturated carbocycles. The van der Waals surface area contributed by atoms with Gasteiger partial charge in [-0.15, -0.1) is 0 Å². The number of carbonyl (C=O) groups is 1. The molecule has 1 unspecified atom stereocenters. The summed E-state index contributed by atoms with van der Waals surface area (Å²) in [5.41, 5.74) is 1.74. The van der Waals surface area contributed by atoms with Crippen molar-refractivity contribution in [3.05, 3.63) is 87.3 Å². The Kier molecular flexibility index (Phi) is 6.63. The molecule has 0 aliphatic carbocycles. The third-order valence-corrected chi connectivity index (χ3v) is 5.18. The van der Waals surface area contributed by atoms with E-state index in [-0.39, 0.29) is 12.1 Å². The van der Waals surface area contributed by atoms with Crippen LogP contribution >= 0.6 is 11.6 Å². The van der Waals surface area contributed by atoms with E-state index < -0.39 is 12.1 Å². The summed E-state index contributed by atoms with van der Waals surface area (Å²) in [4.78, 5) is 24.4. The van der Waals surface area contributed by atoms with E-state index in [9.17, 15) is 14.7 Å². The van der Waals surface area contributed by atoms with Gasteiger partial charge in [0.2, 0.25) is 0 Å². The summed E-state index contributed by atoms with van der Waals surface area (Å²) in [5.74, 6) is 0.910. The number of rotatable bonds is 6. The molecular formula is C23H22ClN3O5. The van der Waals surface area contributed by atoms with Gasteiger partial charge >= 0.3 is 6.03 Å². The molecule has 3 aromatic rings. The van der Waals surface area contributed by atoms with Crippen molar-refractivity contribution in [2.75, 3.05) is 25.1 Å². The summed E-state index contributed by atoms with van der Waals surface area (Å²) in [6.45, 7) is 1.15. The van der Waals surface area contributed by atoms with E-state index in [1.54, 1.807) is 18.3 Å². The number of urea groups is 1. The Labute approximate surface area is 189 Å². The predicted octanol–water partition coefficient (Wildman–Crippen LogP) is 3.18. The number of halogens is 1. The van der Waals surface area contributed by atoms with E-state index in [0.717, 1.165) is 5.56 Å². The normalized spacial score (nSPS) is 13.3. The van der Waals surface area contributed by atoms with Crippen LogP contribution in [0, 0.1) is 0 Å². The zero-order valence-electron chi connectivity index (χ0n) is 17.1. The minimum Gasteiger partial charge on any atom is -0.486 e. The second kappa shape index (κ2) is 9.76. The third kappa shape index (κ3) is 5.22. The number of aliphatic hydroxyl groups excluding tert-OH is 1. The first-order valence-corrected chi connectivity index (χ1v) is 10.4. The number of aromatic nitrogens is 1. The molecule has 2 aromatic carbocycles. The van der Waals surface area contributed by atoms with E-state index in [0.29, 0.717) is 47.5 Å². The predicted molar refractivity (Wildman–Crippen MR) is 121 cm³/mol. The second-order valence-electron chi connectivity index (χ2n) is 7.25. The van der Waals surface area contributed by atoms with Crippen LogP contribution in [0.1, 0.15) is 17.2 Å². The molecule has 2 heterocycles. The van der Waals surface area contributed by atoms with Crippen molar-refractivity contribution in [2.45, 2.75) is 12.6 Å². The minimum absolute atomic E-state index is 0.0501. The molecule has 0 fully saturated rings. The number of hydrogen-bond acceptors (Lipinski definition) is 5. The highest BCUT2D eigenvalue weighted by atomic mass is 35.5. The first-order chi connectivity index (χ1) is 15.5. The van der Waals surface area contributed by atoms with Gasteiger partial charge in [0.05, 0.1) is 23.4 Å². The second-order valence-corrected chi connectivity index (χ2v) is 7.65. The largest absolute Gasteiger partial charge is 0.486 e. The fraction of sp³-hybridized carbons (Fsp3) is 0.217. The van der Waals surface area contributed by atoms with Gasteiger partial charge in [0.25, 0.3) is 5.56 Å². The molecule has 1 aliphatic heterocycles. The van der Waals surface area contributed by atoms with Crippen LogP contribution in [0.4, 0.5) is 10.5 Å². The lowest BCUT2D eigenvalue weighted by atomic mass is 10.1. The Bertz CT molecular complexity index is 1170. The van der Waals surface area contributed by atoms with Gasteiger partial charge in [-0.05, 0) is 29.3 Å². The van der Waals surface area contributed by atoms with Crippen molar-refractivity contribution in [3.8, 4) is 11.5 Å². The molecule has 0 bridgehead atoms. The quantitative estimate of drug-likeness (QED) is 0.530. The summed E-state index contributed by atoms with van der Waals surface area (Å²) in [6.07, 6.45) is 0.576. The number of nitrogens with zero attached hydrogens (tertiary/aromatic N) is 1. The maximum atomic E-state index is 12.3.